The monoisotopic (exact) mass is 582 g/mol. The van der Waals surface area contributed by atoms with E-state index in [0.29, 0.717) is 24.2 Å². The van der Waals surface area contributed by atoms with Crippen LogP contribution < -0.4 is 0 Å². The van der Waals surface area contributed by atoms with Crippen molar-refractivity contribution in [3.05, 3.63) is 37.0 Å². The van der Waals surface area contributed by atoms with Crippen LogP contribution in [-0.2, 0) is 28.7 Å². The number of Topliss-reactive ketones (excluding diaryl/α,β-unsaturated/α-hetero) is 1. The fourth-order valence-electron chi connectivity index (χ4n) is 10.0. The first-order valence-corrected chi connectivity index (χ1v) is 15.9. The van der Waals surface area contributed by atoms with Gasteiger partial charge in [0, 0.05) is 31.3 Å². The highest BCUT2D eigenvalue weighted by Gasteiger charge is 2.78. The quantitative estimate of drug-likeness (QED) is 0.270. The summed E-state index contributed by atoms with van der Waals surface area (Å²) in [6, 6.07) is 0. The van der Waals surface area contributed by atoms with Gasteiger partial charge in [-0.15, -0.1) is 0 Å². The summed E-state index contributed by atoms with van der Waals surface area (Å²) in [5.41, 5.74) is 0.342. The Morgan fingerprint density at radius 1 is 1.17 bits per heavy atom. The van der Waals surface area contributed by atoms with E-state index in [9.17, 15) is 24.3 Å². The van der Waals surface area contributed by atoms with Crippen LogP contribution in [0.4, 0.5) is 0 Å². The highest BCUT2D eigenvalue weighted by atomic mass is 16.5. The van der Waals surface area contributed by atoms with E-state index in [4.69, 9.17) is 9.47 Å². The number of carbonyl (C=O) groups excluding carboxylic acids is 4. The Morgan fingerprint density at radius 2 is 1.86 bits per heavy atom. The van der Waals surface area contributed by atoms with Crippen molar-refractivity contribution in [1.82, 2.24) is 0 Å². The van der Waals surface area contributed by atoms with Gasteiger partial charge >= 0.3 is 11.9 Å². The van der Waals surface area contributed by atoms with Crippen molar-refractivity contribution in [2.45, 2.75) is 98.7 Å². The number of hydrogen-bond donors (Lipinski definition) is 1. The lowest BCUT2D eigenvalue weighted by Crippen LogP contribution is -2.50. The normalized spacial score (nSPS) is 39.4. The number of ether oxygens (including phenoxy) is 2. The van der Waals surface area contributed by atoms with Crippen LogP contribution in [0.1, 0.15) is 86.5 Å². The lowest BCUT2D eigenvalue weighted by atomic mass is 9.49. The SMILES string of the molecule is C=CC(=O)OC[C@H](C)C(=C)C(=O)[C@H](O)[C@@H](C)C1C(OC(C)=O)CC2C3CCC4CC(=O)C=C[C@@]45C[C@@]35CCC21C.CC. The molecule has 0 radical (unpaired) electrons. The van der Waals surface area contributed by atoms with E-state index >= 15 is 0 Å². The third-order valence-corrected chi connectivity index (χ3v) is 12.0. The highest BCUT2D eigenvalue weighted by Crippen LogP contribution is 2.84. The van der Waals surface area contributed by atoms with E-state index in [1.165, 1.54) is 6.92 Å². The molecule has 2 spiro atoms. The Bertz CT molecular complexity index is 1170. The molecule has 6 unspecified atom stereocenters. The largest absolute Gasteiger partial charge is 0.462 e. The van der Waals surface area contributed by atoms with Crippen LogP contribution in [0.5, 0.6) is 0 Å². The van der Waals surface area contributed by atoms with Gasteiger partial charge in [0.25, 0.3) is 0 Å². The summed E-state index contributed by atoms with van der Waals surface area (Å²) in [4.78, 5) is 49.3. The summed E-state index contributed by atoms with van der Waals surface area (Å²) in [5, 5.41) is 11.4. The predicted octanol–water partition coefficient (Wildman–Crippen LogP) is 5.80. The molecule has 11 atom stereocenters. The first kappa shape index (κ1) is 32.4. The molecule has 0 aromatic heterocycles. The minimum atomic E-state index is -1.31. The molecular weight excluding hydrogens is 532 g/mol. The maximum absolute atomic E-state index is 13.4. The van der Waals surface area contributed by atoms with Crippen molar-refractivity contribution < 1.29 is 33.8 Å². The molecule has 5 rings (SSSR count). The van der Waals surface area contributed by atoms with Crippen LogP contribution in [0.15, 0.2) is 37.0 Å². The maximum atomic E-state index is 13.4. The lowest BCUT2D eigenvalue weighted by molar-refractivity contribution is -0.153. The van der Waals surface area contributed by atoms with Crippen LogP contribution in [0, 0.1) is 51.8 Å². The van der Waals surface area contributed by atoms with E-state index in [-0.39, 0.29) is 52.2 Å². The maximum Gasteiger partial charge on any atom is 0.330 e. The van der Waals surface area contributed by atoms with Crippen molar-refractivity contribution in [2.75, 3.05) is 6.61 Å². The second-order valence-corrected chi connectivity index (χ2v) is 13.7. The summed E-state index contributed by atoms with van der Waals surface area (Å²) in [5.74, 6) is -1.03. The molecule has 7 heteroatoms. The van der Waals surface area contributed by atoms with Crippen molar-refractivity contribution in [1.29, 1.82) is 0 Å². The summed E-state index contributed by atoms with van der Waals surface area (Å²) in [6.45, 7) is 18.6. The first-order chi connectivity index (χ1) is 19.8. The van der Waals surface area contributed by atoms with Gasteiger partial charge in [-0.1, -0.05) is 53.9 Å². The number of esters is 2. The molecule has 4 fully saturated rings. The molecule has 232 valence electrons. The standard InChI is InChI=1S/C33H44O7.C2H6/c1-7-27(36)39-16-18(2)19(3)29(37)30(38)20(4)28-26(40-21(5)34)15-25-24-9-8-22-14-23(35)10-11-32(22)17-33(24,32)13-12-31(25,28)6;1-2/h7,10-11,18,20,22,24-26,28,30,38H,1,3,8-9,12-17H2,2,4-6H3;1-2H3/t18-,20-,22?,24?,25?,26?,28?,30+,31?,32+,33-;/m0./s1. The highest BCUT2D eigenvalue weighted by molar-refractivity contribution is 5.98. The van der Waals surface area contributed by atoms with Gasteiger partial charge in [-0.2, -0.15) is 0 Å². The molecule has 42 heavy (non-hydrogen) atoms. The van der Waals surface area contributed by atoms with Crippen LogP contribution in [-0.4, -0.2) is 47.4 Å². The van der Waals surface area contributed by atoms with Gasteiger partial charge in [0.05, 0.1) is 6.61 Å². The van der Waals surface area contributed by atoms with E-state index < -0.39 is 29.7 Å². The summed E-state index contributed by atoms with van der Waals surface area (Å²) in [7, 11) is 0. The Hall–Kier alpha value is -2.54. The predicted molar refractivity (Wildman–Crippen MR) is 160 cm³/mol. The second kappa shape index (κ2) is 11.9. The van der Waals surface area contributed by atoms with Crippen LogP contribution in [0.2, 0.25) is 0 Å². The van der Waals surface area contributed by atoms with E-state index in [2.05, 4.69) is 26.2 Å². The van der Waals surface area contributed by atoms with Gasteiger partial charge in [0.15, 0.2) is 11.6 Å². The second-order valence-electron chi connectivity index (χ2n) is 13.7. The molecule has 0 aliphatic heterocycles. The summed E-state index contributed by atoms with van der Waals surface area (Å²) >= 11 is 0. The minimum Gasteiger partial charge on any atom is -0.462 e. The fourth-order valence-corrected chi connectivity index (χ4v) is 10.0. The van der Waals surface area contributed by atoms with Gasteiger partial charge in [-0.05, 0) is 90.1 Å². The third-order valence-electron chi connectivity index (χ3n) is 12.0. The third kappa shape index (κ3) is 5.03. The Balaban J connectivity index is 0.00000198. The van der Waals surface area contributed by atoms with Crippen LogP contribution >= 0.6 is 0 Å². The molecule has 4 saturated carbocycles. The molecule has 0 aromatic rings. The number of ketones is 2. The first-order valence-electron chi connectivity index (χ1n) is 15.9. The summed E-state index contributed by atoms with van der Waals surface area (Å²) in [6.07, 6.45) is 10.1. The Kier molecular flexibility index (Phi) is 9.14. The molecule has 0 saturated heterocycles. The average molecular weight is 583 g/mol. The Labute approximate surface area is 251 Å². The average Bonchev–Trinajstić information content (AvgIpc) is 3.55. The van der Waals surface area contributed by atoms with Gasteiger partial charge in [0.1, 0.15) is 12.2 Å². The zero-order valence-corrected chi connectivity index (χ0v) is 26.3. The smallest absolute Gasteiger partial charge is 0.330 e. The van der Waals surface area contributed by atoms with Crippen molar-refractivity contribution in [3.8, 4) is 0 Å². The number of carbonyl (C=O) groups is 4. The van der Waals surface area contributed by atoms with Gasteiger partial charge in [-0.25, -0.2) is 4.79 Å². The molecule has 5 aliphatic rings. The van der Waals surface area contributed by atoms with Crippen LogP contribution in [0.25, 0.3) is 0 Å². The van der Waals surface area contributed by atoms with Crippen molar-refractivity contribution in [3.63, 3.8) is 0 Å². The Morgan fingerprint density at radius 3 is 2.50 bits per heavy atom. The molecule has 0 bridgehead atoms. The van der Waals surface area contributed by atoms with E-state index in [1.807, 2.05) is 26.8 Å². The topological polar surface area (TPSA) is 107 Å². The molecule has 5 aliphatic carbocycles. The molecular formula is C35H50O7. The van der Waals surface area contributed by atoms with Crippen LogP contribution in [0.3, 0.4) is 0 Å². The minimum absolute atomic E-state index is 0.0254. The van der Waals surface area contributed by atoms with Gasteiger partial charge in [-0.3, -0.25) is 14.4 Å². The number of allylic oxidation sites excluding steroid dienone is 2. The number of aliphatic hydroxyl groups is 1. The number of hydrogen-bond acceptors (Lipinski definition) is 7. The zero-order valence-electron chi connectivity index (χ0n) is 26.3. The molecule has 1 N–H and O–H groups in total. The number of rotatable bonds is 9. The van der Waals surface area contributed by atoms with Crippen molar-refractivity contribution >= 4 is 23.5 Å². The molecule has 7 nitrogen and oxygen atoms in total. The number of fused-ring (bicyclic) bond motifs is 2. The van der Waals surface area contributed by atoms with E-state index in [1.54, 1.807) is 6.92 Å². The van der Waals surface area contributed by atoms with E-state index in [0.717, 1.165) is 44.6 Å². The zero-order chi connectivity index (χ0) is 31.2. The molecule has 0 heterocycles. The molecule has 0 aromatic carbocycles. The fraction of sp³-hybridized carbons (Fsp3) is 0.714. The molecule has 0 amide bonds. The van der Waals surface area contributed by atoms with Gasteiger partial charge in [0.2, 0.25) is 0 Å². The van der Waals surface area contributed by atoms with Gasteiger partial charge < -0.3 is 14.6 Å². The number of aliphatic hydroxyl groups excluding tert-OH is 1. The van der Waals surface area contributed by atoms with Crippen molar-refractivity contribution in [2.24, 2.45) is 51.8 Å². The summed E-state index contributed by atoms with van der Waals surface area (Å²) < 4.78 is 11.0. The lowest BCUT2D eigenvalue weighted by Gasteiger charge is -2.55.